The van der Waals surface area contributed by atoms with Gasteiger partial charge >= 0.3 is 0 Å². The largest absolute Gasteiger partial charge is 0.493 e. The van der Waals surface area contributed by atoms with Gasteiger partial charge in [0.05, 0.1) is 25.1 Å². The molecule has 9 heteroatoms. The molecule has 2 aliphatic heterocycles. The van der Waals surface area contributed by atoms with Gasteiger partial charge in [0.2, 0.25) is 0 Å². The average Bonchev–Trinajstić information content (AvgIpc) is 3.39. The molecule has 0 radical (unpaired) electrons. The van der Waals surface area contributed by atoms with Crippen molar-refractivity contribution in [2.45, 2.75) is 24.5 Å². The van der Waals surface area contributed by atoms with Crippen LogP contribution in [0.4, 0.5) is 0 Å². The van der Waals surface area contributed by atoms with E-state index in [4.69, 9.17) is 30.9 Å². The first-order valence-corrected chi connectivity index (χ1v) is 11.9. The lowest BCUT2D eigenvalue weighted by Crippen LogP contribution is -2.50. The molecule has 35 heavy (non-hydrogen) atoms. The molecule has 0 aliphatic carbocycles. The molecule has 0 saturated carbocycles. The minimum absolute atomic E-state index is 0.0780. The highest BCUT2D eigenvalue weighted by Gasteiger charge is 2.44. The van der Waals surface area contributed by atoms with Gasteiger partial charge in [-0.2, -0.15) is 0 Å². The number of piperidine rings is 1. The summed E-state index contributed by atoms with van der Waals surface area (Å²) in [5, 5.41) is 19.1. The van der Waals surface area contributed by atoms with Crippen LogP contribution >= 0.6 is 11.6 Å². The molecule has 1 amide bonds. The number of halogens is 1. The van der Waals surface area contributed by atoms with Crippen molar-refractivity contribution >= 4 is 17.5 Å². The van der Waals surface area contributed by atoms with Gasteiger partial charge in [-0.3, -0.25) is 4.79 Å². The van der Waals surface area contributed by atoms with Gasteiger partial charge in [0.1, 0.15) is 18.5 Å². The van der Waals surface area contributed by atoms with E-state index < -0.39 is 18.3 Å². The third-order valence-corrected chi connectivity index (χ3v) is 6.85. The zero-order chi connectivity index (χ0) is 24.6. The van der Waals surface area contributed by atoms with E-state index in [0.29, 0.717) is 48.0 Å². The summed E-state index contributed by atoms with van der Waals surface area (Å²) in [5.74, 6) is 1.46. The highest BCUT2D eigenvalue weighted by Crippen LogP contribution is 2.45. The Morgan fingerprint density at radius 1 is 1.17 bits per heavy atom. The molecule has 0 bridgehead atoms. The molecular weight excluding hydrogens is 472 g/mol. The highest BCUT2D eigenvalue weighted by molar-refractivity contribution is 6.30. The van der Waals surface area contributed by atoms with Gasteiger partial charge in [-0.1, -0.05) is 11.6 Å². The Morgan fingerprint density at radius 3 is 2.71 bits per heavy atom. The summed E-state index contributed by atoms with van der Waals surface area (Å²) in [6.07, 6.45) is 2.33. The maximum Gasteiger partial charge on any atom is 0.253 e. The molecule has 1 spiro atoms. The molecule has 8 nitrogen and oxygen atoms in total. The summed E-state index contributed by atoms with van der Waals surface area (Å²) in [5.41, 5.74) is 1.96. The second kappa shape index (κ2) is 9.45. The number of hydrogen-bond donors (Lipinski definition) is 2. The number of benzene rings is 2. The van der Waals surface area contributed by atoms with Crippen LogP contribution in [-0.4, -0.2) is 65.1 Å². The van der Waals surface area contributed by atoms with Crippen LogP contribution < -0.4 is 14.2 Å². The first kappa shape index (κ1) is 23.5. The summed E-state index contributed by atoms with van der Waals surface area (Å²) in [6, 6.07) is 14.6. The Kier molecular flexibility index (Phi) is 6.35. The summed E-state index contributed by atoms with van der Waals surface area (Å²) < 4.78 is 19.6. The van der Waals surface area contributed by atoms with Crippen LogP contribution in [0.5, 0.6) is 17.2 Å². The SMILES string of the molecule is COc1cc(C(=O)N2CCC3(CC2)Oc2ccc(Cl)cc2-n2cccc23)ccc1OC[C@@H](O)CO. The molecule has 3 heterocycles. The fraction of sp³-hybridized carbons (Fsp3) is 0.346. The first-order valence-electron chi connectivity index (χ1n) is 11.5. The van der Waals surface area contributed by atoms with Crippen LogP contribution in [0.2, 0.25) is 5.02 Å². The lowest BCUT2D eigenvalue weighted by molar-refractivity contribution is -0.00932. The number of aliphatic hydroxyl groups is 2. The normalized spacial score (nSPS) is 16.7. The molecule has 2 aliphatic rings. The van der Waals surface area contributed by atoms with Crippen molar-refractivity contribution < 1.29 is 29.2 Å². The van der Waals surface area contributed by atoms with Crippen molar-refractivity contribution in [3.8, 4) is 22.9 Å². The molecule has 5 rings (SSSR count). The van der Waals surface area contributed by atoms with Gasteiger partial charge in [0, 0.05) is 42.7 Å². The number of amides is 1. The monoisotopic (exact) mass is 498 g/mol. The number of fused-ring (bicyclic) bond motifs is 4. The van der Waals surface area contributed by atoms with E-state index in [2.05, 4.69) is 10.6 Å². The third kappa shape index (κ3) is 4.33. The number of nitrogens with zero attached hydrogens (tertiary/aromatic N) is 2. The molecule has 1 aromatic heterocycles. The van der Waals surface area contributed by atoms with E-state index in [1.165, 1.54) is 7.11 Å². The first-order chi connectivity index (χ1) is 16.9. The number of ether oxygens (including phenoxy) is 3. The van der Waals surface area contributed by atoms with Crippen LogP contribution in [0, 0.1) is 0 Å². The topological polar surface area (TPSA) is 93.4 Å². The number of carbonyl (C=O) groups is 1. The van der Waals surface area contributed by atoms with E-state index in [-0.39, 0.29) is 12.5 Å². The van der Waals surface area contributed by atoms with Crippen molar-refractivity contribution in [3.63, 3.8) is 0 Å². The molecule has 1 fully saturated rings. The van der Waals surface area contributed by atoms with Crippen molar-refractivity contribution in [2.75, 3.05) is 33.4 Å². The number of carbonyl (C=O) groups excluding carboxylic acids is 1. The molecule has 184 valence electrons. The van der Waals surface area contributed by atoms with Crippen LogP contribution in [0.25, 0.3) is 5.69 Å². The molecule has 2 aromatic carbocycles. The minimum atomic E-state index is -0.992. The molecule has 0 unspecified atom stereocenters. The number of rotatable bonds is 6. The second-order valence-electron chi connectivity index (χ2n) is 8.78. The van der Waals surface area contributed by atoms with Gasteiger partial charge in [-0.15, -0.1) is 0 Å². The van der Waals surface area contributed by atoms with Gasteiger partial charge in [0.25, 0.3) is 5.91 Å². The highest BCUT2D eigenvalue weighted by atomic mass is 35.5. The number of likely N-dealkylation sites (tertiary alicyclic amines) is 1. The Balaban J connectivity index is 1.31. The predicted octanol–water partition coefficient (Wildman–Crippen LogP) is 3.40. The maximum atomic E-state index is 13.3. The Bertz CT molecular complexity index is 1230. The van der Waals surface area contributed by atoms with Crippen LogP contribution in [0.15, 0.2) is 54.7 Å². The fourth-order valence-corrected chi connectivity index (χ4v) is 4.93. The third-order valence-electron chi connectivity index (χ3n) is 6.61. The summed E-state index contributed by atoms with van der Waals surface area (Å²) in [4.78, 5) is 15.1. The van der Waals surface area contributed by atoms with Crippen molar-refractivity contribution in [2.24, 2.45) is 0 Å². The molecular formula is C26H27ClN2O6. The van der Waals surface area contributed by atoms with E-state index in [9.17, 15) is 9.90 Å². The smallest absolute Gasteiger partial charge is 0.253 e. The van der Waals surface area contributed by atoms with Crippen LogP contribution in [0.1, 0.15) is 28.9 Å². The predicted molar refractivity (Wildman–Crippen MR) is 130 cm³/mol. The van der Waals surface area contributed by atoms with Crippen molar-refractivity contribution in [1.82, 2.24) is 9.47 Å². The number of aliphatic hydroxyl groups excluding tert-OH is 2. The fourth-order valence-electron chi connectivity index (χ4n) is 4.76. The van der Waals surface area contributed by atoms with E-state index in [1.54, 1.807) is 18.2 Å². The average molecular weight is 499 g/mol. The second-order valence-corrected chi connectivity index (χ2v) is 9.21. The lowest BCUT2D eigenvalue weighted by atomic mass is 9.86. The number of aromatic nitrogens is 1. The van der Waals surface area contributed by atoms with Crippen LogP contribution in [0.3, 0.4) is 0 Å². The lowest BCUT2D eigenvalue weighted by Gasteiger charge is -2.45. The molecule has 2 N–H and O–H groups in total. The zero-order valence-corrected chi connectivity index (χ0v) is 20.1. The van der Waals surface area contributed by atoms with Crippen molar-refractivity contribution in [3.05, 3.63) is 71.0 Å². The Morgan fingerprint density at radius 2 is 1.97 bits per heavy atom. The number of hydrogen-bond acceptors (Lipinski definition) is 6. The van der Waals surface area contributed by atoms with E-state index in [1.807, 2.05) is 35.4 Å². The number of methoxy groups -OCH3 is 1. The summed E-state index contributed by atoms with van der Waals surface area (Å²) in [6.45, 7) is 0.598. The van der Waals surface area contributed by atoms with Gasteiger partial charge in [-0.05, 0) is 48.5 Å². The van der Waals surface area contributed by atoms with Crippen molar-refractivity contribution in [1.29, 1.82) is 0 Å². The molecule has 1 saturated heterocycles. The standard InChI is InChI=1S/C26H27ClN2O6/c1-33-23-13-17(4-6-22(23)34-16-19(31)15-30)25(32)28-11-8-26(9-12-28)24-3-2-10-29(24)20-14-18(27)5-7-21(20)35-26/h2-7,10,13-14,19,30-31H,8-9,11-12,15-16H2,1H3/t19-/m0/s1. The quantitative estimate of drug-likeness (QED) is 0.541. The van der Waals surface area contributed by atoms with Gasteiger partial charge in [-0.25, -0.2) is 0 Å². The Labute approximate surface area is 208 Å². The molecule has 3 aromatic rings. The minimum Gasteiger partial charge on any atom is -0.493 e. The maximum absolute atomic E-state index is 13.3. The summed E-state index contributed by atoms with van der Waals surface area (Å²) >= 11 is 6.22. The van der Waals surface area contributed by atoms with E-state index in [0.717, 1.165) is 17.1 Å². The summed E-state index contributed by atoms with van der Waals surface area (Å²) in [7, 11) is 1.49. The van der Waals surface area contributed by atoms with Gasteiger partial charge in [0.15, 0.2) is 17.1 Å². The molecule has 1 atom stereocenters. The van der Waals surface area contributed by atoms with Gasteiger partial charge < -0.3 is 33.9 Å². The zero-order valence-electron chi connectivity index (χ0n) is 19.3. The van der Waals surface area contributed by atoms with Crippen LogP contribution in [-0.2, 0) is 5.60 Å². The van der Waals surface area contributed by atoms with E-state index >= 15 is 0 Å². The Hall–Kier alpha value is -3.20.